The lowest BCUT2D eigenvalue weighted by Crippen LogP contribution is -2.42. The number of nitriles is 1. The zero-order valence-corrected chi connectivity index (χ0v) is 14.7. The molecule has 138 valence electrons. The van der Waals surface area contributed by atoms with E-state index in [9.17, 15) is 14.9 Å². The van der Waals surface area contributed by atoms with Gasteiger partial charge in [0.25, 0.3) is 0 Å². The molecule has 2 atom stereocenters. The second kappa shape index (κ2) is 6.85. The Labute approximate surface area is 156 Å². The number of aliphatic hydroxyl groups is 1. The van der Waals surface area contributed by atoms with Crippen molar-refractivity contribution in [2.24, 2.45) is 0 Å². The molecule has 2 saturated heterocycles. The Hall–Kier alpha value is -3.18. The predicted molar refractivity (Wildman–Crippen MR) is 97.8 cm³/mol. The maximum Gasteiger partial charge on any atom is 0.326 e. The molecule has 0 bridgehead atoms. The number of aliphatic hydroxyl groups excluding tert-OH is 1. The predicted octanol–water partition coefficient (Wildman–Crippen LogP) is 0.962. The lowest BCUT2D eigenvalue weighted by molar-refractivity contribution is -0.133. The highest BCUT2D eigenvalue weighted by molar-refractivity contribution is 6.04. The lowest BCUT2D eigenvalue weighted by Gasteiger charge is -2.25. The summed E-state index contributed by atoms with van der Waals surface area (Å²) in [5.74, 6) is -0.337. The smallest absolute Gasteiger partial charge is 0.326 e. The van der Waals surface area contributed by atoms with Crippen LogP contribution >= 0.6 is 0 Å². The fourth-order valence-electron chi connectivity index (χ4n) is 3.91. The van der Waals surface area contributed by atoms with Crippen LogP contribution in [0.15, 0.2) is 36.7 Å². The Morgan fingerprint density at radius 2 is 2.11 bits per heavy atom. The van der Waals surface area contributed by atoms with E-state index in [4.69, 9.17) is 5.11 Å². The molecule has 2 aliphatic rings. The number of urea groups is 1. The number of hydrogen-bond donors (Lipinski definition) is 1. The Morgan fingerprint density at radius 3 is 2.89 bits per heavy atom. The number of fused-ring (bicyclic) bond motifs is 1. The van der Waals surface area contributed by atoms with Crippen molar-refractivity contribution in [2.75, 3.05) is 31.1 Å². The Kier molecular flexibility index (Phi) is 4.38. The first-order valence-electron chi connectivity index (χ1n) is 8.85. The van der Waals surface area contributed by atoms with E-state index in [1.165, 1.54) is 4.90 Å². The first kappa shape index (κ1) is 17.2. The summed E-state index contributed by atoms with van der Waals surface area (Å²) in [7, 11) is 0. The summed E-state index contributed by atoms with van der Waals surface area (Å²) in [6.07, 6.45) is 3.98. The summed E-state index contributed by atoms with van der Waals surface area (Å²) in [6.45, 7) is 0.630. The fraction of sp³-hybridized carbons (Fsp3) is 0.368. The van der Waals surface area contributed by atoms with Gasteiger partial charge in [-0.05, 0) is 6.42 Å². The number of rotatable bonds is 3. The minimum atomic E-state index is -0.618. The number of carbonyl (C=O) groups is 2. The van der Waals surface area contributed by atoms with E-state index in [-0.39, 0.29) is 24.5 Å². The molecule has 8 nitrogen and oxygen atoms in total. The zero-order chi connectivity index (χ0) is 19.0. The first-order valence-corrected chi connectivity index (χ1v) is 8.85. The molecule has 0 saturated carbocycles. The molecule has 0 aliphatic carbocycles. The number of likely N-dealkylation sites (tertiary alicyclic amines) is 1. The van der Waals surface area contributed by atoms with Crippen molar-refractivity contribution < 1.29 is 14.7 Å². The van der Waals surface area contributed by atoms with E-state index in [1.54, 1.807) is 22.2 Å². The van der Waals surface area contributed by atoms with E-state index in [0.717, 1.165) is 10.8 Å². The first-order chi connectivity index (χ1) is 13.1. The van der Waals surface area contributed by atoms with E-state index in [2.05, 4.69) is 11.1 Å². The average Bonchev–Trinajstić information content (AvgIpc) is 3.31. The molecule has 1 aromatic heterocycles. The van der Waals surface area contributed by atoms with Crippen molar-refractivity contribution in [3.63, 3.8) is 0 Å². The molecule has 3 amide bonds. The van der Waals surface area contributed by atoms with E-state index >= 15 is 0 Å². The van der Waals surface area contributed by atoms with Crippen molar-refractivity contribution in [1.29, 1.82) is 5.26 Å². The van der Waals surface area contributed by atoms with Gasteiger partial charge in [0.05, 0.1) is 30.5 Å². The summed E-state index contributed by atoms with van der Waals surface area (Å²) in [5.41, 5.74) is 0.619. The second-order valence-electron chi connectivity index (χ2n) is 6.77. The van der Waals surface area contributed by atoms with Gasteiger partial charge in [-0.2, -0.15) is 5.26 Å². The highest BCUT2D eigenvalue weighted by Gasteiger charge is 2.44. The molecule has 1 aromatic carbocycles. The van der Waals surface area contributed by atoms with Crippen LogP contribution in [0.1, 0.15) is 6.42 Å². The van der Waals surface area contributed by atoms with Crippen LogP contribution in [0, 0.1) is 11.3 Å². The van der Waals surface area contributed by atoms with E-state index in [1.807, 2.05) is 24.3 Å². The molecule has 2 aliphatic heterocycles. The molecule has 0 spiro atoms. The minimum Gasteiger partial charge on any atom is -0.387 e. The van der Waals surface area contributed by atoms with Gasteiger partial charge >= 0.3 is 6.03 Å². The average molecular weight is 365 g/mol. The fourth-order valence-corrected chi connectivity index (χ4v) is 3.91. The van der Waals surface area contributed by atoms with Crippen LogP contribution in [0.5, 0.6) is 0 Å². The summed E-state index contributed by atoms with van der Waals surface area (Å²) in [5, 5.41) is 20.4. The van der Waals surface area contributed by atoms with Crippen LogP contribution in [0.25, 0.3) is 10.8 Å². The number of carbonyl (C=O) groups excluding carboxylic acids is 2. The van der Waals surface area contributed by atoms with Crippen LogP contribution in [0.2, 0.25) is 0 Å². The van der Waals surface area contributed by atoms with Crippen LogP contribution in [0.3, 0.4) is 0 Å². The number of nitrogens with zero attached hydrogens (tertiary/aromatic N) is 5. The molecule has 27 heavy (non-hydrogen) atoms. The van der Waals surface area contributed by atoms with E-state index < -0.39 is 12.6 Å². The topological polar surface area (TPSA) is 101 Å². The number of benzene rings is 1. The molecule has 0 radical (unpaired) electrons. The SMILES string of the molecule is N#C[C@H]1CN([C@@H]2CCN(C(=O)CO)C2)C(=O)N1c1cncc2ccccc12. The quantitative estimate of drug-likeness (QED) is 0.873. The van der Waals surface area contributed by atoms with Crippen LogP contribution in [0.4, 0.5) is 10.5 Å². The van der Waals surface area contributed by atoms with Gasteiger partial charge in [0, 0.05) is 30.1 Å². The molecule has 3 heterocycles. The third-order valence-electron chi connectivity index (χ3n) is 5.28. The van der Waals surface area contributed by atoms with Gasteiger partial charge in [-0.15, -0.1) is 0 Å². The number of anilines is 1. The molecule has 2 fully saturated rings. The third-order valence-corrected chi connectivity index (χ3v) is 5.28. The van der Waals surface area contributed by atoms with Gasteiger partial charge in [-0.3, -0.25) is 14.7 Å². The Morgan fingerprint density at radius 1 is 1.30 bits per heavy atom. The Balaban J connectivity index is 1.64. The highest BCUT2D eigenvalue weighted by atomic mass is 16.3. The summed E-state index contributed by atoms with van der Waals surface area (Å²) >= 11 is 0. The van der Waals surface area contributed by atoms with Crippen LogP contribution in [-0.2, 0) is 4.79 Å². The molecule has 1 N–H and O–H groups in total. The molecular formula is C19H19N5O3. The van der Waals surface area contributed by atoms with Gasteiger partial charge in [-0.25, -0.2) is 4.79 Å². The van der Waals surface area contributed by atoms with Crippen molar-refractivity contribution in [2.45, 2.75) is 18.5 Å². The molecule has 2 aromatic rings. The standard InChI is InChI=1S/C19H19N5O3/c20-7-15-11-23(14-5-6-22(10-14)18(26)12-25)19(27)24(15)17-9-21-8-13-3-1-2-4-16(13)17/h1-4,8-9,14-15,25H,5-6,10-12H2/t14-,15+/m1/s1. The number of aromatic nitrogens is 1. The molecular weight excluding hydrogens is 346 g/mol. The van der Waals surface area contributed by atoms with Crippen molar-refractivity contribution in [1.82, 2.24) is 14.8 Å². The van der Waals surface area contributed by atoms with Gasteiger partial charge < -0.3 is 14.9 Å². The normalized spacial score (nSPS) is 22.5. The maximum absolute atomic E-state index is 13.2. The van der Waals surface area contributed by atoms with Crippen LogP contribution < -0.4 is 4.90 Å². The zero-order valence-electron chi connectivity index (χ0n) is 14.7. The van der Waals surface area contributed by atoms with Gasteiger partial charge in [-0.1, -0.05) is 24.3 Å². The van der Waals surface area contributed by atoms with Crippen LogP contribution in [-0.4, -0.2) is 70.2 Å². The molecule has 8 heteroatoms. The second-order valence-corrected chi connectivity index (χ2v) is 6.77. The monoisotopic (exact) mass is 365 g/mol. The number of pyridine rings is 1. The summed E-state index contributed by atoms with van der Waals surface area (Å²) in [6, 6.07) is 8.82. The lowest BCUT2D eigenvalue weighted by atomic mass is 10.1. The van der Waals surface area contributed by atoms with Gasteiger partial charge in [0.15, 0.2) is 0 Å². The summed E-state index contributed by atoms with van der Waals surface area (Å²) in [4.78, 5) is 33.8. The van der Waals surface area contributed by atoms with Crippen molar-refractivity contribution in [3.8, 4) is 6.07 Å². The summed E-state index contributed by atoms with van der Waals surface area (Å²) < 4.78 is 0. The number of hydrogen-bond acceptors (Lipinski definition) is 5. The van der Waals surface area contributed by atoms with Crippen molar-refractivity contribution >= 4 is 28.4 Å². The molecule has 4 rings (SSSR count). The number of amides is 3. The van der Waals surface area contributed by atoms with Crippen molar-refractivity contribution in [3.05, 3.63) is 36.7 Å². The van der Waals surface area contributed by atoms with Gasteiger partial charge in [0.2, 0.25) is 5.91 Å². The maximum atomic E-state index is 13.2. The van der Waals surface area contributed by atoms with Gasteiger partial charge in [0.1, 0.15) is 12.6 Å². The minimum absolute atomic E-state index is 0.156. The Bertz CT molecular complexity index is 935. The molecule has 0 unspecified atom stereocenters. The largest absolute Gasteiger partial charge is 0.387 e. The third kappa shape index (κ3) is 2.86. The highest BCUT2D eigenvalue weighted by Crippen LogP contribution is 2.33. The van der Waals surface area contributed by atoms with E-state index in [0.29, 0.717) is 25.2 Å².